The molecule has 3 N–H and O–H groups in total. The molecule has 1 unspecified atom stereocenters. The van der Waals surface area contributed by atoms with E-state index in [4.69, 9.17) is 4.74 Å². The van der Waals surface area contributed by atoms with Crippen LogP contribution < -0.4 is 10.1 Å². The van der Waals surface area contributed by atoms with Crippen molar-refractivity contribution in [3.8, 4) is 17.2 Å². The molecule has 0 fully saturated rings. The highest BCUT2D eigenvalue weighted by molar-refractivity contribution is 5.38. The van der Waals surface area contributed by atoms with Crippen molar-refractivity contribution in [2.45, 2.75) is 26.4 Å². The lowest BCUT2D eigenvalue weighted by Crippen LogP contribution is -2.31. The van der Waals surface area contributed by atoms with Crippen LogP contribution in [0.1, 0.15) is 18.1 Å². The predicted molar refractivity (Wildman–Crippen MR) is 82.7 cm³/mol. The molecule has 0 aliphatic heterocycles. The summed E-state index contributed by atoms with van der Waals surface area (Å²) >= 11 is 0. The quantitative estimate of drug-likeness (QED) is 0.764. The van der Waals surface area contributed by atoms with Gasteiger partial charge in [-0.25, -0.2) is 0 Å². The van der Waals surface area contributed by atoms with E-state index in [1.165, 1.54) is 11.6 Å². The Balaban J connectivity index is 1.79. The van der Waals surface area contributed by atoms with E-state index in [2.05, 4.69) is 5.32 Å². The molecular weight excluding hydrogens is 266 g/mol. The molecule has 4 heteroatoms. The second kappa shape index (κ2) is 6.99. The Kier molecular flexibility index (Phi) is 5.06. The number of hydrogen-bond donors (Lipinski definition) is 3. The summed E-state index contributed by atoms with van der Waals surface area (Å²) in [6.07, 6.45) is 0. The number of phenolic OH excluding ortho intramolecular Hbond substituents is 2. The minimum absolute atomic E-state index is 0.0620. The van der Waals surface area contributed by atoms with E-state index in [1.54, 1.807) is 12.1 Å². The first-order valence-corrected chi connectivity index (χ1v) is 6.98. The number of ether oxygens (including phenoxy) is 1. The highest BCUT2D eigenvalue weighted by atomic mass is 16.5. The Hall–Kier alpha value is -2.20. The fourth-order valence-corrected chi connectivity index (χ4v) is 1.90. The zero-order chi connectivity index (χ0) is 15.2. The third kappa shape index (κ3) is 4.68. The van der Waals surface area contributed by atoms with Crippen LogP contribution in [0, 0.1) is 6.92 Å². The third-order valence-electron chi connectivity index (χ3n) is 3.23. The van der Waals surface area contributed by atoms with Crippen molar-refractivity contribution in [1.29, 1.82) is 0 Å². The number of aryl methyl sites for hydroxylation is 1. The Morgan fingerprint density at radius 1 is 1.10 bits per heavy atom. The van der Waals surface area contributed by atoms with Crippen LogP contribution >= 0.6 is 0 Å². The summed E-state index contributed by atoms with van der Waals surface area (Å²) in [6, 6.07) is 12.7. The topological polar surface area (TPSA) is 61.7 Å². The molecule has 0 aliphatic rings. The lowest BCUT2D eigenvalue weighted by Gasteiger charge is -2.15. The molecule has 0 radical (unpaired) electrons. The second-order valence-corrected chi connectivity index (χ2v) is 5.22. The van der Waals surface area contributed by atoms with Gasteiger partial charge in [0.1, 0.15) is 23.9 Å². The SMILES string of the molecule is Cc1ccc(OCC(C)NCc2ccc(O)cc2O)cc1. The maximum Gasteiger partial charge on any atom is 0.123 e. The monoisotopic (exact) mass is 287 g/mol. The van der Waals surface area contributed by atoms with Crippen molar-refractivity contribution in [3.63, 3.8) is 0 Å². The number of nitrogens with one attached hydrogen (secondary N) is 1. The zero-order valence-electron chi connectivity index (χ0n) is 12.3. The van der Waals surface area contributed by atoms with Crippen LogP contribution in [0.5, 0.6) is 17.2 Å². The molecule has 2 aromatic rings. The summed E-state index contributed by atoms with van der Waals surface area (Å²) in [5.41, 5.74) is 1.95. The lowest BCUT2D eigenvalue weighted by atomic mass is 10.2. The van der Waals surface area contributed by atoms with Crippen LogP contribution in [0.15, 0.2) is 42.5 Å². The first-order valence-electron chi connectivity index (χ1n) is 6.98. The van der Waals surface area contributed by atoms with Gasteiger partial charge in [0.25, 0.3) is 0 Å². The van der Waals surface area contributed by atoms with Crippen molar-refractivity contribution in [2.24, 2.45) is 0 Å². The van der Waals surface area contributed by atoms with E-state index in [1.807, 2.05) is 38.1 Å². The fraction of sp³-hybridized carbons (Fsp3) is 0.294. The van der Waals surface area contributed by atoms with Gasteiger partial charge >= 0.3 is 0 Å². The van der Waals surface area contributed by atoms with Crippen LogP contribution in [0.2, 0.25) is 0 Å². The van der Waals surface area contributed by atoms with Gasteiger partial charge in [-0.05, 0) is 32.0 Å². The van der Waals surface area contributed by atoms with Gasteiger partial charge < -0.3 is 20.3 Å². The van der Waals surface area contributed by atoms with Gasteiger partial charge in [-0.2, -0.15) is 0 Å². The first kappa shape index (κ1) is 15.2. The summed E-state index contributed by atoms with van der Waals surface area (Å²) < 4.78 is 5.70. The average molecular weight is 287 g/mol. The minimum Gasteiger partial charge on any atom is -0.508 e. The Morgan fingerprint density at radius 2 is 1.81 bits per heavy atom. The number of rotatable bonds is 6. The summed E-state index contributed by atoms with van der Waals surface area (Å²) in [6.45, 7) is 5.12. The average Bonchev–Trinajstić information content (AvgIpc) is 2.46. The van der Waals surface area contributed by atoms with Crippen molar-refractivity contribution in [2.75, 3.05) is 6.61 Å². The van der Waals surface area contributed by atoms with Crippen LogP contribution in [0.3, 0.4) is 0 Å². The fourth-order valence-electron chi connectivity index (χ4n) is 1.90. The van der Waals surface area contributed by atoms with Crippen LogP contribution in [-0.2, 0) is 6.54 Å². The van der Waals surface area contributed by atoms with Gasteiger partial charge in [0.15, 0.2) is 0 Å². The Morgan fingerprint density at radius 3 is 2.48 bits per heavy atom. The van der Waals surface area contributed by atoms with Gasteiger partial charge in [-0.3, -0.25) is 0 Å². The van der Waals surface area contributed by atoms with Crippen LogP contribution in [0.25, 0.3) is 0 Å². The lowest BCUT2D eigenvalue weighted by molar-refractivity contribution is 0.272. The van der Waals surface area contributed by atoms with Crippen molar-refractivity contribution >= 4 is 0 Å². The van der Waals surface area contributed by atoms with Gasteiger partial charge in [-0.1, -0.05) is 23.8 Å². The maximum absolute atomic E-state index is 9.71. The molecule has 4 nitrogen and oxygen atoms in total. The molecule has 1 atom stereocenters. The van der Waals surface area contributed by atoms with E-state index in [9.17, 15) is 10.2 Å². The van der Waals surface area contributed by atoms with Crippen LogP contribution in [0.4, 0.5) is 0 Å². The number of phenols is 2. The van der Waals surface area contributed by atoms with E-state index in [0.29, 0.717) is 13.2 Å². The Bertz CT molecular complexity index is 581. The number of benzene rings is 2. The van der Waals surface area contributed by atoms with Crippen LogP contribution in [-0.4, -0.2) is 22.9 Å². The molecule has 112 valence electrons. The molecule has 0 bridgehead atoms. The van der Waals surface area contributed by atoms with Crippen molar-refractivity contribution in [3.05, 3.63) is 53.6 Å². The molecule has 21 heavy (non-hydrogen) atoms. The summed E-state index contributed by atoms with van der Waals surface area (Å²) in [4.78, 5) is 0. The molecule has 2 aromatic carbocycles. The summed E-state index contributed by atoms with van der Waals surface area (Å²) in [7, 11) is 0. The van der Waals surface area contributed by atoms with E-state index in [-0.39, 0.29) is 17.5 Å². The molecular formula is C17H21NO3. The third-order valence-corrected chi connectivity index (χ3v) is 3.23. The molecule has 0 aliphatic carbocycles. The summed E-state index contributed by atoms with van der Waals surface area (Å²) in [5.74, 6) is 1.00. The minimum atomic E-state index is 0.0620. The van der Waals surface area contributed by atoms with Crippen molar-refractivity contribution in [1.82, 2.24) is 5.32 Å². The summed E-state index contributed by atoms with van der Waals surface area (Å²) in [5, 5.41) is 22.2. The highest BCUT2D eigenvalue weighted by Gasteiger charge is 2.06. The predicted octanol–water partition coefficient (Wildman–Crippen LogP) is 2.96. The first-order chi connectivity index (χ1) is 10.0. The maximum atomic E-state index is 9.71. The zero-order valence-corrected chi connectivity index (χ0v) is 12.3. The second-order valence-electron chi connectivity index (χ2n) is 5.22. The highest BCUT2D eigenvalue weighted by Crippen LogP contribution is 2.22. The van der Waals surface area contributed by atoms with Crippen molar-refractivity contribution < 1.29 is 14.9 Å². The molecule has 0 aromatic heterocycles. The molecule has 0 saturated carbocycles. The number of aromatic hydroxyl groups is 2. The molecule has 0 heterocycles. The van der Waals surface area contributed by atoms with Gasteiger partial charge in [0, 0.05) is 24.2 Å². The normalized spacial score (nSPS) is 12.1. The van der Waals surface area contributed by atoms with Gasteiger partial charge in [-0.15, -0.1) is 0 Å². The van der Waals surface area contributed by atoms with Gasteiger partial charge in [0.2, 0.25) is 0 Å². The smallest absolute Gasteiger partial charge is 0.123 e. The largest absolute Gasteiger partial charge is 0.508 e. The molecule has 0 saturated heterocycles. The molecule has 0 spiro atoms. The number of hydrogen-bond acceptors (Lipinski definition) is 4. The molecule has 0 amide bonds. The van der Waals surface area contributed by atoms with E-state index in [0.717, 1.165) is 11.3 Å². The molecule has 2 rings (SSSR count). The van der Waals surface area contributed by atoms with Gasteiger partial charge in [0.05, 0.1) is 0 Å². The standard InChI is InChI=1S/C17H21NO3/c1-12-3-7-16(8-4-12)21-11-13(2)18-10-14-5-6-15(19)9-17(14)20/h3-9,13,18-20H,10-11H2,1-2H3. The van der Waals surface area contributed by atoms with E-state index < -0.39 is 0 Å². The Labute approximate surface area is 125 Å². The van der Waals surface area contributed by atoms with E-state index >= 15 is 0 Å².